The molecule has 128 valence electrons. The second kappa shape index (κ2) is 6.50. The fraction of sp³-hybridized carbons (Fsp3) is 0. The highest BCUT2D eigenvalue weighted by atomic mass is 35.5. The molecule has 4 aromatic rings. The molecule has 2 aromatic carbocycles. The van der Waals surface area contributed by atoms with Crippen LogP contribution in [0, 0.1) is 0 Å². The van der Waals surface area contributed by atoms with Gasteiger partial charge in [-0.15, -0.1) is 0 Å². The number of hydrazone groups is 1. The van der Waals surface area contributed by atoms with Gasteiger partial charge in [0.15, 0.2) is 0 Å². The molecule has 2 heterocycles. The Labute approximate surface area is 153 Å². The SMILES string of the molecule is O=C(NN=Cc1ccc2cccc(O)c2n1)c1cc2cc(Cl)ccc2[nH]1. The van der Waals surface area contributed by atoms with E-state index in [1.165, 1.54) is 6.21 Å². The lowest BCUT2D eigenvalue weighted by Crippen LogP contribution is -2.17. The number of carbonyl (C=O) groups excluding carboxylic acids is 1. The molecule has 0 bridgehead atoms. The summed E-state index contributed by atoms with van der Waals surface area (Å²) in [6.07, 6.45) is 1.42. The Balaban J connectivity index is 1.52. The third kappa shape index (κ3) is 3.10. The standard InChI is InChI=1S/C19H13ClN4O2/c20-13-5-7-15-12(8-13)9-16(23-15)19(26)24-21-10-14-6-4-11-2-1-3-17(25)18(11)22-14/h1-10,23,25H,(H,24,26). The molecule has 0 radical (unpaired) electrons. The highest BCUT2D eigenvalue weighted by Gasteiger charge is 2.09. The van der Waals surface area contributed by atoms with Gasteiger partial charge in [0.05, 0.1) is 11.9 Å². The quantitative estimate of drug-likeness (QED) is 0.381. The predicted molar refractivity (Wildman–Crippen MR) is 102 cm³/mol. The first-order valence-electron chi connectivity index (χ1n) is 7.80. The number of rotatable bonds is 3. The molecule has 0 aliphatic carbocycles. The monoisotopic (exact) mass is 364 g/mol. The van der Waals surface area contributed by atoms with Gasteiger partial charge in [-0.2, -0.15) is 5.10 Å². The molecule has 3 N–H and O–H groups in total. The van der Waals surface area contributed by atoms with Crippen LogP contribution in [0.4, 0.5) is 0 Å². The molecule has 0 saturated heterocycles. The highest BCUT2D eigenvalue weighted by molar-refractivity contribution is 6.31. The number of phenols is 1. The van der Waals surface area contributed by atoms with E-state index in [1.54, 1.807) is 36.4 Å². The zero-order chi connectivity index (χ0) is 18.1. The molecule has 1 amide bonds. The number of H-pyrrole nitrogens is 1. The van der Waals surface area contributed by atoms with Crippen molar-refractivity contribution in [3.63, 3.8) is 0 Å². The molecule has 0 saturated carbocycles. The van der Waals surface area contributed by atoms with Crippen molar-refractivity contribution in [2.75, 3.05) is 0 Å². The lowest BCUT2D eigenvalue weighted by Gasteiger charge is -2.01. The molecular formula is C19H13ClN4O2. The average molecular weight is 365 g/mol. The van der Waals surface area contributed by atoms with E-state index in [-0.39, 0.29) is 11.7 Å². The van der Waals surface area contributed by atoms with Crippen molar-refractivity contribution in [3.8, 4) is 5.75 Å². The number of halogens is 1. The second-order valence-corrected chi connectivity index (χ2v) is 6.14. The molecule has 0 fully saturated rings. The molecule has 0 aliphatic heterocycles. The highest BCUT2D eigenvalue weighted by Crippen LogP contribution is 2.22. The number of para-hydroxylation sites is 1. The molecule has 2 aromatic heterocycles. The van der Waals surface area contributed by atoms with E-state index in [4.69, 9.17) is 11.6 Å². The zero-order valence-electron chi connectivity index (χ0n) is 13.4. The lowest BCUT2D eigenvalue weighted by atomic mass is 10.2. The third-order valence-corrected chi connectivity index (χ3v) is 4.15. The molecule has 7 heteroatoms. The van der Waals surface area contributed by atoms with Crippen molar-refractivity contribution in [1.82, 2.24) is 15.4 Å². The van der Waals surface area contributed by atoms with Crippen LogP contribution in [0.1, 0.15) is 16.2 Å². The average Bonchev–Trinajstić information content (AvgIpc) is 3.05. The van der Waals surface area contributed by atoms with Crippen molar-refractivity contribution in [2.24, 2.45) is 5.10 Å². The van der Waals surface area contributed by atoms with Crippen LogP contribution in [-0.2, 0) is 0 Å². The first-order chi connectivity index (χ1) is 12.6. The Morgan fingerprint density at radius 3 is 2.92 bits per heavy atom. The van der Waals surface area contributed by atoms with Gasteiger partial charge >= 0.3 is 0 Å². The van der Waals surface area contributed by atoms with Crippen molar-refractivity contribution < 1.29 is 9.90 Å². The second-order valence-electron chi connectivity index (χ2n) is 5.70. The Morgan fingerprint density at radius 2 is 2.04 bits per heavy atom. The molecule has 0 unspecified atom stereocenters. The fourth-order valence-electron chi connectivity index (χ4n) is 2.66. The van der Waals surface area contributed by atoms with Crippen LogP contribution in [0.15, 0.2) is 59.7 Å². The van der Waals surface area contributed by atoms with E-state index >= 15 is 0 Å². The Morgan fingerprint density at radius 1 is 1.15 bits per heavy atom. The third-order valence-electron chi connectivity index (χ3n) is 3.91. The summed E-state index contributed by atoms with van der Waals surface area (Å²) in [6, 6.07) is 15.8. The molecule has 4 rings (SSSR count). The molecule has 0 spiro atoms. The number of pyridine rings is 1. The number of benzene rings is 2. The van der Waals surface area contributed by atoms with Gasteiger partial charge in [0.2, 0.25) is 0 Å². The number of aromatic amines is 1. The number of hydrogen-bond acceptors (Lipinski definition) is 4. The van der Waals surface area contributed by atoms with E-state index in [2.05, 4.69) is 20.5 Å². The van der Waals surface area contributed by atoms with Crippen LogP contribution in [0.25, 0.3) is 21.8 Å². The van der Waals surface area contributed by atoms with E-state index in [1.807, 2.05) is 18.2 Å². The minimum Gasteiger partial charge on any atom is -0.506 e. The van der Waals surface area contributed by atoms with Gasteiger partial charge in [0, 0.05) is 21.3 Å². The van der Waals surface area contributed by atoms with Crippen LogP contribution < -0.4 is 5.43 Å². The number of aromatic hydroxyl groups is 1. The van der Waals surface area contributed by atoms with Gasteiger partial charge in [-0.1, -0.05) is 29.8 Å². The van der Waals surface area contributed by atoms with Crippen LogP contribution in [-0.4, -0.2) is 27.2 Å². The number of nitrogens with zero attached hydrogens (tertiary/aromatic N) is 2. The van der Waals surface area contributed by atoms with Gasteiger partial charge < -0.3 is 10.1 Å². The van der Waals surface area contributed by atoms with E-state index in [0.29, 0.717) is 21.9 Å². The lowest BCUT2D eigenvalue weighted by molar-refractivity contribution is 0.0951. The minimum absolute atomic E-state index is 0.0959. The van der Waals surface area contributed by atoms with E-state index < -0.39 is 0 Å². The van der Waals surface area contributed by atoms with Crippen LogP contribution >= 0.6 is 11.6 Å². The van der Waals surface area contributed by atoms with E-state index in [0.717, 1.165) is 16.3 Å². The van der Waals surface area contributed by atoms with Crippen LogP contribution in [0.2, 0.25) is 5.02 Å². The first-order valence-corrected chi connectivity index (χ1v) is 8.18. The normalized spacial score (nSPS) is 11.4. The van der Waals surface area contributed by atoms with Crippen molar-refractivity contribution in [3.05, 3.63) is 71.0 Å². The summed E-state index contributed by atoms with van der Waals surface area (Å²) in [5.41, 5.74) is 4.64. The van der Waals surface area contributed by atoms with Gasteiger partial charge in [0.25, 0.3) is 5.91 Å². The maximum atomic E-state index is 12.2. The summed E-state index contributed by atoms with van der Waals surface area (Å²) in [5.74, 6) is -0.282. The Hall–Kier alpha value is -3.38. The van der Waals surface area contributed by atoms with E-state index in [9.17, 15) is 9.90 Å². The number of nitrogens with one attached hydrogen (secondary N) is 2. The van der Waals surface area contributed by atoms with Crippen molar-refractivity contribution in [1.29, 1.82) is 0 Å². The summed E-state index contributed by atoms with van der Waals surface area (Å²) >= 11 is 5.95. The smallest absolute Gasteiger partial charge is 0.287 e. The molecule has 0 aliphatic rings. The largest absolute Gasteiger partial charge is 0.506 e. The van der Waals surface area contributed by atoms with Gasteiger partial charge in [-0.3, -0.25) is 4.79 Å². The van der Waals surface area contributed by atoms with Crippen LogP contribution in [0.3, 0.4) is 0 Å². The van der Waals surface area contributed by atoms with Crippen molar-refractivity contribution in [2.45, 2.75) is 0 Å². The van der Waals surface area contributed by atoms with Gasteiger partial charge in [-0.25, -0.2) is 10.4 Å². The number of carbonyl (C=O) groups is 1. The van der Waals surface area contributed by atoms with Gasteiger partial charge in [-0.05, 0) is 36.4 Å². The number of phenolic OH excluding ortho intramolecular Hbond substituents is 1. The molecular weight excluding hydrogens is 352 g/mol. The summed E-state index contributed by atoms with van der Waals surface area (Å²) in [7, 11) is 0. The maximum absolute atomic E-state index is 12.2. The molecule has 0 atom stereocenters. The predicted octanol–water partition coefficient (Wildman–Crippen LogP) is 3.84. The summed E-state index contributed by atoms with van der Waals surface area (Å²) in [4.78, 5) is 19.5. The number of aromatic nitrogens is 2. The van der Waals surface area contributed by atoms with Crippen LogP contribution in [0.5, 0.6) is 5.75 Å². The molecule has 26 heavy (non-hydrogen) atoms. The fourth-order valence-corrected chi connectivity index (χ4v) is 2.84. The Kier molecular flexibility index (Phi) is 4.02. The van der Waals surface area contributed by atoms with Crippen molar-refractivity contribution >= 4 is 45.5 Å². The number of amides is 1. The summed E-state index contributed by atoms with van der Waals surface area (Å²) in [6.45, 7) is 0. The van der Waals surface area contributed by atoms with Gasteiger partial charge in [0.1, 0.15) is 17.0 Å². The Bertz CT molecular complexity index is 1170. The molecule has 6 nitrogen and oxygen atoms in total. The maximum Gasteiger partial charge on any atom is 0.287 e. The number of hydrogen-bond donors (Lipinski definition) is 3. The minimum atomic E-state index is -0.378. The number of fused-ring (bicyclic) bond motifs is 2. The summed E-state index contributed by atoms with van der Waals surface area (Å²) < 4.78 is 0. The topological polar surface area (TPSA) is 90.4 Å². The zero-order valence-corrected chi connectivity index (χ0v) is 14.2. The first kappa shape index (κ1) is 16.1. The summed E-state index contributed by atoms with van der Waals surface area (Å²) in [5, 5.41) is 16.1.